The van der Waals surface area contributed by atoms with Crippen LogP contribution in [0.5, 0.6) is 5.75 Å². The van der Waals surface area contributed by atoms with Gasteiger partial charge in [-0.25, -0.2) is 14.4 Å². The normalized spacial score (nSPS) is 10.7. The molecule has 0 aliphatic heterocycles. The summed E-state index contributed by atoms with van der Waals surface area (Å²) in [4.78, 5) is 36.5. The Morgan fingerprint density at radius 3 is 2.53 bits per heavy atom. The number of nitrogens with zero attached hydrogens (tertiary/aromatic N) is 1. The molecule has 4 rings (SSSR count). The lowest BCUT2D eigenvalue weighted by molar-refractivity contribution is 0.0521. The second-order valence-electron chi connectivity index (χ2n) is 6.40. The third-order valence-corrected chi connectivity index (χ3v) is 4.40. The van der Waals surface area contributed by atoms with Crippen LogP contribution in [0.2, 0.25) is 0 Å². The van der Waals surface area contributed by atoms with Gasteiger partial charge in [0.15, 0.2) is 0 Å². The summed E-state index contributed by atoms with van der Waals surface area (Å²) in [5.41, 5.74) is 0.394. The average molecular weight is 403 g/mol. The van der Waals surface area contributed by atoms with Crippen molar-refractivity contribution in [1.29, 1.82) is 0 Å². The molecule has 2 aromatic carbocycles. The molecule has 4 aromatic rings. The van der Waals surface area contributed by atoms with E-state index in [-0.39, 0.29) is 23.5 Å². The third-order valence-electron chi connectivity index (χ3n) is 4.40. The molecular weight excluding hydrogens is 386 g/mol. The van der Waals surface area contributed by atoms with Crippen LogP contribution in [0.4, 0.5) is 0 Å². The van der Waals surface area contributed by atoms with Gasteiger partial charge in [0.25, 0.3) is 0 Å². The van der Waals surface area contributed by atoms with E-state index in [0.29, 0.717) is 10.9 Å². The summed E-state index contributed by atoms with van der Waals surface area (Å²) >= 11 is 0. The number of hydrogen-bond acceptors (Lipinski definition) is 6. The highest BCUT2D eigenvalue weighted by Gasteiger charge is 2.16. The van der Waals surface area contributed by atoms with Crippen molar-refractivity contribution in [2.24, 2.45) is 0 Å². The first kappa shape index (κ1) is 19.2. The minimum absolute atomic E-state index is 0.150. The fourth-order valence-electron chi connectivity index (χ4n) is 2.97. The molecule has 0 aliphatic carbocycles. The van der Waals surface area contributed by atoms with Gasteiger partial charge in [-0.3, -0.25) is 0 Å². The molecule has 0 saturated heterocycles. The van der Waals surface area contributed by atoms with Gasteiger partial charge in [-0.1, -0.05) is 6.07 Å². The molecular formula is C23H17NO6. The quantitative estimate of drug-likeness (QED) is 0.285. The Hall–Kier alpha value is -4.13. The number of aromatic nitrogens is 1. The van der Waals surface area contributed by atoms with Crippen molar-refractivity contribution in [1.82, 2.24) is 4.57 Å². The lowest BCUT2D eigenvalue weighted by Gasteiger charge is -2.08. The lowest BCUT2D eigenvalue weighted by atomic mass is 10.1. The number of carbonyl (C=O) groups is 2. The summed E-state index contributed by atoms with van der Waals surface area (Å²) in [7, 11) is 0. The molecule has 0 fully saturated rings. The molecule has 0 aliphatic rings. The number of rotatable bonds is 5. The molecule has 2 heterocycles. The SMILES string of the molecule is CCOC(=O)c1cc2ccc(OC(=O)c3cccc(-n4cccc4)c3)cc2oc1=O. The topological polar surface area (TPSA) is 87.7 Å². The van der Waals surface area contributed by atoms with Crippen molar-refractivity contribution in [2.45, 2.75) is 6.92 Å². The molecule has 0 N–H and O–H groups in total. The largest absolute Gasteiger partial charge is 0.462 e. The fourth-order valence-corrected chi connectivity index (χ4v) is 2.97. The highest BCUT2D eigenvalue weighted by atomic mass is 16.5. The van der Waals surface area contributed by atoms with Gasteiger partial charge in [0.1, 0.15) is 16.9 Å². The van der Waals surface area contributed by atoms with Gasteiger partial charge in [0, 0.05) is 29.5 Å². The zero-order valence-electron chi connectivity index (χ0n) is 16.0. The van der Waals surface area contributed by atoms with Gasteiger partial charge in [-0.2, -0.15) is 0 Å². The van der Waals surface area contributed by atoms with Crippen LogP contribution in [0.15, 0.2) is 82.3 Å². The number of hydrogen-bond donors (Lipinski definition) is 0. The highest BCUT2D eigenvalue weighted by Crippen LogP contribution is 2.22. The van der Waals surface area contributed by atoms with Gasteiger partial charge in [0.05, 0.1) is 12.2 Å². The summed E-state index contributed by atoms with van der Waals surface area (Å²) in [5, 5.41) is 0.507. The van der Waals surface area contributed by atoms with E-state index >= 15 is 0 Å². The zero-order valence-corrected chi connectivity index (χ0v) is 16.0. The number of ether oxygens (including phenoxy) is 2. The van der Waals surface area contributed by atoms with Crippen molar-refractivity contribution in [2.75, 3.05) is 6.61 Å². The van der Waals surface area contributed by atoms with E-state index in [1.165, 1.54) is 12.1 Å². The Balaban J connectivity index is 1.59. The first-order valence-corrected chi connectivity index (χ1v) is 9.26. The Kier molecular flexibility index (Phi) is 5.17. The summed E-state index contributed by atoms with van der Waals surface area (Å²) in [5.74, 6) is -1.08. The second-order valence-corrected chi connectivity index (χ2v) is 6.40. The molecule has 30 heavy (non-hydrogen) atoms. The van der Waals surface area contributed by atoms with Gasteiger partial charge in [-0.15, -0.1) is 0 Å². The maximum Gasteiger partial charge on any atom is 0.351 e. The molecule has 0 unspecified atom stereocenters. The number of fused-ring (bicyclic) bond motifs is 1. The van der Waals surface area contributed by atoms with Crippen molar-refractivity contribution in [3.05, 3.63) is 94.6 Å². The van der Waals surface area contributed by atoms with E-state index < -0.39 is 17.6 Å². The van der Waals surface area contributed by atoms with Crippen molar-refractivity contribution < 1.29 is 23.5 Å². The van der Waals surface area contributed by atoms with Gasteiger partial charge in [0.2, 0.25) is 0 Å². The average Bonchev–Trinajstić information content (AvgIpc) is 3.28. The minimum Gasteiger partial charge on any atom is -0.462 e. The van der Waals surface area contributed by atoms with Crippen molar-refractivity contribution in [3.63, 3.8) is 0 Å². The molecule has 0 amide bonds. The lowest BCUT2D eigenvalue weighted by Crippen LogP contribution is -2.16. The molecule has 150 valence electrons. The van der Waals surface area contributed by atoms with Gasteiger partial charge < -0.3 is 18.5 Å². The Morgan fingerprint density at radius 2 is 1.77 bits per heavy atom. The molecule has 0 bridgehead atoms. The molecule has 7 nitrogen and oxygen atoms in total. The highest BCUT2D eigenvalue weighted by molar-refractivity contribution is 5.94. The molecule has 0 spiro atoms. The van der Waals surface area contributed by atoms with E-state index in [1.54, 1.807) is 37.3 Å². The molecule has 2 aromatic heterocycles. The van der Waals surface area contributed by atoms with Gasteiger partial charge in [-0.05, 0) is 55.5 Å². The summed E-state index contributed by atoms with van der Waals surface area (Å²) in [6.45, 7) is 1.80. The number of carbonyl (C=O) groups excluding carboxylic acids is 2. The Bertz CT molecular complexity index is 1290. The maximum absolute atomic E-state index is 12.6. The monoisotopic (exact) mass is 403 g/mol. The number of esters is 2. The molecule has 0 atom stereocenters. The first-order valence-electron chi connectivity index (χ1n) is 9.26. The van der Waals surface area contributed by atoms with E-state index in [4.69, 9.17) is 13.9 Å². The summed E-state index contributed by atoms with van der Waals surface area (Å²) < 4.78 is 17.4. The second kappa shape index (κ2) is 8.08. The predicted octanol–water partition coefficient (Wildman–Crippen LogP) is 3.98. The van der Waals surface area contributed by atoms with Crippen LogP contribution < -0.4 is 10.4 Å². The Morgan fingerprint density at radius 1 is 0.967 bits per heavy atom. The fraction of sp³-hybridized carbons (Fsp3) is 0.0870. The van der Waals surface area contributed by atoms with Crippen LogP contribution >= 0.6 is 0 Å². The van der Waals surface area contributed by atoms with E-state index in [1.807, 2.05) is 35.2 Å². The van der Waals surface area contributed by atoms with E-state index in [0.717, 1.165) is 5.69 Å². The molecule has 0 saturated carbocycles. The van der Waals surface area contributed by atoms with Crippen LogP contribution in [-0.4, -0.2) is 23.1 Å². The Labute approximate surface area is 171 Å². The van der Waals surface area contributed by atoms with Gasteiger partial charge >= 0.3 is 17.6 Å². The number of benzene rings is 2. The van der Waals surface area contributed by atoms with Crippen LogP contribution in [0.25, 0.3) is 16.7 Å². The predicted molar refractivity (Wildman–Crippen MR) is 109 cm³/mol. The summed E-state index contributed by atoms with van der Waals surface area (Å²) in [6, 6.07) is 16.8. The molecule has 7 heteroatoms. The molecule has 0 radical (unpaired) electrons. The van der Waals surface area contributed by atoms with Crippen LogP contribution in [0.3, 0.4) is 0 Å². The third kappa shape index (κ3) is 3.86. The maximum atomic E-state index is 12.6. The van der Waals surface area contributed by atoms with E-state index in [2.05, 4.69) is 0 Å². The standard InChI is InChI=1S/C23H17NO6/c1-2-28-22(26)19-13-15-8-9-18(14-20(15)30-23(19)27)29-21(25)16-6-5-7-17(12-16)24-10-3-4-11-24/h3-14H,2H2,1H3. The first-order chi connectivity index (χ1) is 14.5. The van der Waals surface area contributed by atoms with Crippen molar-refractivity contribution >= 4 is 22.9 Å². The van der Waals surface area contributed by atoms with Crippen LogP contribution in [-0.2, 0) is 4.74 Å². The van der Waals surface area contributed by atoms with Crippen LogP contribution in [0, 0.1) is 0 Å². The van der Waals surface area contributed by atoms with Crippen molar-refractivity contribution in [3.8, 4) is 11.4 Å². The van der Waals surface area contributed by atoms with E-state index in [9.17, 15) is 14.4 Å². The van der Waals surface area contributed by atoms with Crippen LogP contribution in [0.1, 0.15) is 27.6 Å². The summed E-state index contributed by atoms with van der Waals surface area (Å²) in [6.07, 6.45) is 3.75. The zero-order chi connectivity index (χ0) is 21.1. The smallest absolute Gasteiger partial charge is 0.351 e. The minimum atomic E-state index is -0.816.